The van der Waals surface area contributed by atoms with E-state index >= 15 is 0 Å². The predicted molar refractivity (Wildman–Crippen MR) is 81.1 cm³/mol. The lowest BCUT2D eigenvalue weighted by Gasteiger charge is -2.13. The number of rotatable bonds is 6. The SMILES string of the molecule is Cc1ccc(S(=O)(=O)NC([C]=O)Cc2ccccc2)cc1. The lowest BCUT2D eigenvalue weighted by atomic mass is 10.1. The molecule has 5 heteroatoms. The van der Waals surface area contributed by atoms with Crippen LogP contribution in [0, 0.1) is 6.92 Å². The van der Waals surface area contributed by atoms with E-state index in [9.17, 15) is 13.2 Å². The number of hydrogen-bond acceptors (Lipinski definition) is 3. The lowest BCUT2D eigenvalue weighted by molar-refractivity contribution is 0.526. The molecule has 2 aromatic carbocycles. The molecular formula is C16H16NO3S. The Morgan fingerprint density at radius 1 is 1.05 bits per heavy atom. The van der Waals surface area contributed by atoms with Gasteiger partial charge in [-0.25, -0.2) is 8.42 Å². The molecule has 0 aliphatic carbocycles. The maximum atomic E-state index is 12.2. The molecule has 1 unspecified atom stereocenters. The van der Waals surface area contributed by atoms with Gasteiger partial charge in [0.25, 0.3) is 0 Å². The van der Waals surface area contributed by atoms with E-state index in [4.69, 9.17) is 0 Å². The van der Waals surface area contributed by atoms with Crippen molar-refractivity contribution in [2.24, 2.45) is 0 Å². The number of aryl methyl sites for hydroxylation is 1. The van der Waals surface area contributed by atoms with E-state index in [2.05, 4.69) is 4.72 Å². The van der Waals surface area contributed by atoms with E-state index in [0.717, 1.165) is 11.1 Å². The molecule has 0 heterocycles. The van der Waals surface area contributed by atoms with Crippen LogP contribution < -0.4 is 4.72 Å². The summed E-state index contributed by atoms with van der Waals surface area (Å²) in [5, 5.41) is 0. The van der Waals surface area contributed by atoms with Crippen molar-refractivity contribution in [1.29, 1.82) is 0 Å². The monoisotopic (exact) mass is 302 g/mol. The number of benzene rings is 2. The van der Waals surface area contributed by atoms with Crippen LogP contribution in [0.5, 0.6) is 0 Å². The summed E-state index contributed by atoms with van der Waals surface area (Å²) < 4.78 is 26.8. The topological polar surface area (TPSA) is 63.2 Å². The summed E-state index contributed by atoms with van der Waals surface area (Å²) in [6.07, 6.45) is 2.02. The molecule has 0 bridgehead atoms. The zero-order valence-corrected chi connectivity index (χ0v) is 12.4. The van der Waals surface area contributed by atoms with E-state index in [0.29, 0.717) is 0 Å². The highest BCUT2D eigenvalue weighted by Crippen LogP contribution is 2.11. The third-order valence-corrected chi connectivity index (χ3v) is 4.54. The quantitative estimate of drug-likeness (QED) is 0.887. The van der Waals surface area contributed by atoms with Gasteiger partial charge in [0.2, 0.25) is 16.3 Å². The van der Waals surface area contributed by atoms with Crippen molar-refractivity contribution in [2.45, 2.75) is 24.3 Å². The Balaban J connectivity index is 2.14. The van der Waals surface area contributed by atoms with Crippen molar-refractivity contribution in [3.8, 4) is 0 Å². The third kappa shape index (κ3) is 4.24. The molecule has 0 saturated carbocycles. The molecule has 0 aliphatic rings. The van der Waals surface area contributed by atoms with Gasteiger partial charge in [-0.3, -0.25) is 4.79 Å². The third-order valence-electron chi connectivity index (χ3n) is 3.05. The molecule has 2 aromatic rings. The van der Waals surface area contributed by atoms with Gasteiger partial charge in [0.1, 0.15) is 0 Å². The second-order valence-electron chi connectivity index (χ2n) is 4.79. The highest BCUT2D eigenvalue weighted by atomic mass is 32.2. The smallest absolute Gasteiger partial charge is 0.241 e. The summed E-state index contributed by atoms with van der Waals surface area (Å²) in [5.41, 5.74) is 1.84. The lowest BCUT2D eigenvalue weighted by Crippen LogP contribution is -2.37. The zero-order valence-electron chi connectivity index (χ0n) is 11.6. The maximum absolute atomic E-state index is 12.2. The highest BCUT2D eigenvalue weighted by molar-refractivity contribution is 7.89. The minimum atomic E-state index is -3.72. The normalized spacial score (nSPS) is 12.8. The van der Waals surface area contributed by atoms with Crippen molar-refractivity contribution >= 4 is 16.3 Å². The average Bonchev–Trinajstić information content (AvgIpc) is 2.48. The summed E-state index contributed by atoms with van der Waals surface area (Å²) in [7, 11) is -3.72. The van der Waals surface area contributed by atoms with Crippen LogP contribution >= 0.6 is 0 Å². The van der Waals surface area contributed by atoms with Crippen LogP contribution in [0.15, 0.2) is 59.5 Å². The van der Waals surface area contributed by atoms with Crippen LogP contribution in [0.1, 0.15) is 11.1 Å². The van der Waals surface area contributed by atoms with E-state index in [1.165, 1.54) is 12.1 Å². The van der Waals surface area contributed by atoms with Crippen LogP contribution in [0.4, 0.5) is 0 Å². The number of hydrogen-bond donors (Lipinski definition) is 1. The first kappa shape index (κ1) is 15.4. The Hall–Kier alpha value is -1.98. The van der Waals surface area contributed by atoms with Crippen molar-refractivity contribution in [2.75, 3.05) is 0 Å². The van der Waals surface area contributed by atoms with Gasteiger partial charge < -0.3 is 0 Å². The number of sulfonamides is 1. The second kappa shape index (κ2) is 6.65. The molecule has 21 heavy (non-hydrogen) atoms. The fourth-order valence-electron chi connectivity index (χ4n) is 1.93. The van der Waals surface area contributed by atoms with E-state index in [1.807, 2.05) is 37.3 Å². The van der Waals surface area contributed by atoms with Gasteiger partial charge in [-0.2, -0.15) is 4.72 Å². The van der Waals surface area contributed by atoms with Crippen LogP contribution in [-0.4, -0.2) is 20.7 Å². The summed E-state index contributed by atoms with van der Waals surface area (Å²) in [5.74, 6) is 0. The Labute approximate surface area is 124 Å². The van der Waals surface area contributed by atoms with Crippen LogP contribution in [0.25, 0.3) is 0 Å². The molecule has 1 radical (unpaired) electrons. The molecule has 4 nitrogen and oxygen atoms in total. The average molecular weight is 302 g/mol. The van der Waals surface area contributed by atoms with Gasteiger partial charge in [0.15, 0.2) is 0 Å². The highest BCUT2D eigenvalue weighted by Gasteiger charge is 2.20. The molecule has 0 fully saturated rings. The van der Waals surface area contributed by atoms with Crippen molar-refractivity contribution in [1.82, 2.24) is 4.72 Å². The standard InChI is InChI=1S/C16H16NO3S/c1-13-7-9-16(10-8-13)21(19,20)17-15(12-18)11-14-5-3-2-4-6-14/h2-10,15,17H,11H2,1H3. The van der Waals surface area contributed by atoms with Gasteiger partial charge in [-0.15, -0.1) is 0 Å². The molecule has 109 valence electrons. The van der Waals surface area contributed by atoms with Crippen molar-refractivity contribution in [3.05, 3.63) is 65.7 Å². The Kier molecular flexibility index (Phi) is 4.88. The summed E-state index contributed by atoms with van der Waals surface area (Å²) in [4.78, 5) is 11.2. The molecule has 0 aliphatic heterocycles. The molecule has 0 saturated heterocycles. The largest absolute Gasteiger partial charge is 0.289 e. The first-order chi connectivity index (χ1) is 10.0. The predicted octanol–water partition coefficient (Wildman–Crippen LogP) is 1.99. The minimum Gasteiger partial charge on any atom is -0.289 e. The zero-order chi connectivity index (χ0) is 15.3. The van der Waals surface area contributed by atoms with Gasteiger partial charge in [-0.1, -0.05) is 48.0 Å². The minimum absolute atomic E-state index is 0.140. The number of carbonyl (C=O) groups excluding carboxylic acids is 1. The fraction of sp³-hybridized carbons (Fsp3) is 0.188. The van der Waals surface area contributed by atoms with Gasteiger partial charge in [-0.05, 0) is 31.0 Å². The molecular weight excluding hydrogens is 286 g/mol. The first-order valence-electron chi connectivity index (χ1n) is 6.52. The van der Waals surface area contributed by atoms with Gasteiger partial charge >= 0.3 is 0 Å². The maximum Gasteiger partial charge on any atom is 0.241 e. The van der Waals surface area contributed by atoms with Gasteiger partial charge in [0.05, 0.1) is 10.9 Å². The summed E-state index contributed by atoms with van der Waals surface area (Å²) in [6, 6.07) is 14.8. The molecule has 0 spiro atoms. The molecule has 2 rings (SSSR count). The summed E-state index contributed by atoms with van der Waals surface area (Å²) in [6.45, 7) is 1.88. The van der Waals surface area contributed by atoms with Crippen LogP contribution in [0.2, 0.25) is 0 Å². The van der Waals surface area contributed by atoms with Crippen molar-refractivity contribution in [3.63, 3.8) is 0 Å². The van der Waals surface area contributed by atoms with Crippen molar-refractivity contribution < 1.29 is 13.2 Å². The fourth-order valence-corrected chi connectivity index (χ4v) is 3.07. The molecule has 0 aromatic heterocycles. The van der Waals surface area contributed by atoms with Crippen LogP contribution in [-0.2, 0) is 21.2 Å². The van der Waals surface area contributed by atoms with E-state index in [1.54, 1.807) is 18.4 Å². The Morgan fingerprint density at radius 2 is 1.67 bits per heavy atom. The van der Waals surface area contributed by atoms with Crippen LogP contribution in [0.3, 0.4) is 0 Å². The number of nitrogens with one attached hydrogen (secondary N) is 1. The van der Waals surface area contributed by atoms with Gasteiger partial charge in [0, 0.05) is 0 Å². The Morgan fingerprint density at radius 3 is 2.24 bits per heavy atom. The van der Waals surface area contributed by atoms with E-state index < -0.39 is 16.1 Å². The molecule has 1 atom stereocenters. The van der Waals surface area contributed by atoms with E-state index in [-0.39, 0.29) is 11.3 Å². The molecule has 0 amide bonds. The Bertz CT molecular complexity index is 694. The molecule has 1 N–H and O–H groups in total. The first-order valence-corrected chi connectivity index (χ1v) is 8.00. The second-order valence-corrected chi connectivity index (χ2v) is 6.51. The summed E-state index contributed by atoms with van der Waals surface area (Å²) >= 11 is 0.